The number of benzene rings is 1. The van der Waals surface area contributed by atoms with E-state index in [0.29, 0.717) is 12.5 Å². The average molecular weight is 316 g/mol. The van der Waals surface area contributed by atoms with Gasteiger partial charge in [0.25, 0.3) is 0 Å². The van der Waals surface area contributed by atoms with Gasteiger partial charge in [-0.05, 0) is 30.4 Å². The first kappa shape index (κ1) is 15.2. The molecule has 0 radical (unpaired) electrons. The first-order chi connectivity index (χ1) is 10.7. The van der Waals surface area contributed by atoms with Crippen molar-refractivity contribution in [1.29, 1.82) is 0 Å². The van der Waals surface area contributed by atoms with Crippen molar-refractivity contribution in [3.63, 3.8) is 0 Å². The quantitative estimate of drug-likeness (QED) is 0.820. The lowest BCUT2D eigenvalue weighted by Gasteiger charge is -2.14. The monoisotopic (exact) mass is 316 g/mol. The number of thiazole rings is 1. The van der Waals surface area contributed by atoms with Gasteiger partial charge in [-0.2, -0.15) is 0 Å². The topological polar surface area (TPSA) is 62.2 Å². The molecule has 1 aromatic heterocycles. The molecule has 1 saturated carbocycles. The molecule has 0 aliphatic heterocycles. The van der Waals surface area contributed by atoms with Crippen molar-refractivity contribution >= 4 is 17.3 Å². The molecule has 0 bridgehead atoms. The summed E-state index contributed by atoms with van der Waals surface area (Å²) in [6, 6.07) is 7.09. The van der Waals surface area contributed by atoms with E-state index in [0.717, 1.165) is 16.9 Å². The van der Waals surface area contributed by atoms with Crippen LogP contribution in [0.1, 0.15) is 52.7 Å². The first-order valence-electron chi connectivity index (χ1n) is 7.67. The van der Waals surface area contributed by atoms with Crippen molar-refractivity contribution in [2.45, 2.75) is 44.7 Å². The van der Waals surface area contributed by atoms with Crippen LogP contribution in [0.3, 0.4) is 0 Å². The molecule has 2 aromatic rings. The Labute approximate surface area is 134 Å². The van der Waals surface area contributed by atoms with Crippen LogP contribution in [0.2, 0.25) is 0 Å². The fraction of sp³-hybridized carbons (Fsp3) is 0.412. The predicted octanol–water partition coefficient (Wildman–Crippen LogP) is 3.50. The molecule has 0 amide bonds. The van der Waals surface area contributed by atoms with Crippen LogP contribution in [0.5, 0.6) is 0 Å². The number of carbonyl (C=O) groups is 1. The number of hydrogen-bond acceptors (Lipinski definition) is 4. The summed E-state index contributed by atoms with van der Waals surface area (Å²) in [7, 11) is 0. The standard InChI is InChI=1S/C17H20N2O2S/c1-2-11-3-5-12(6-4-11)15(17(20)21)18-9-14-10-19-16(22-14)13-7-8-13/h3-6,10,13,15,18H,2,7-9H2,1H3,(H,20,21). The van der Waals surface area contributed by atoms with Gasteiger partial charge in [-0.3, -0.25) is 10.1 Å². The zero-order chi connectivity index (χ0) is 15.5. The van der Waals surface area contributed by atoms with Crippen molar-refractivity contribution < 1.29 is 9.90 Å². The maximum atomic E-state index is 11.5. The average Bonchev–Trinajstić information content (AvgIpc) is 3.27. The fourth-order valence-corrected chi connectivity index (χ4v) is 3.46. The molecule has 1 fully saturated rings. The summed E-state index contributed by atoms with van der Waals surface area (Å²) in [5.41, 5.74) is 2.00. The molecule has 5 heteroatoms. The van der Waals surface area contributed by atoms with Gasteiger partial charge in [0.1, 0.15) is 6.04 Å². The SMILES string of the molecule is CCc1ccc(C(NCc2cnc(C3CC3)s2)C(=O)O)cc1. The highest BCUT2D eigenvalue weighted by Gasteiger charge is 2.27. The highest BCUT2D eigenvalue weighted by Crippen LogP contribution is 2.41. The Morgan fingerprint density at radius 3 is 2.73 bits per heavy atom. The van der Waals surface area contributed by atoms with E-state index in [1.165, 1.54) is 23.4 Å². The van der Waals surface area contributed by atoms with Crippen LogP contribution in [0.25, 0.3) is 0 Å². The number of nitrogens with one attached hydrogen (secondary N) is 1. The normalized spacial score (nSPS) is 15.7. The Morgan fingerprint density at radius 2 is 2.14 bits per heavy atom. The van der Waals surface area contributed by atoms with E-state index in [1.807, 2.05) is 30.5 Å². The zero-order valence-electron chi connectivity index (χ0n) is 12.6. The van der Waals surface area contributed by atoms with Crippen molar-refractivity contribution in [2.75, 3.05) is 0 Å². The van der Waals surface area contributed by atoms with Gasteiger partial charge in [0.2, 0.25) is 0 Å². The number of carboxylic acids is 1. The Bertz CT molecular complexity index is 647. The Morgan fingerprint density at radius 1 is 1.41 bits per heavy atom. The second-order valence-electron chi connectivity index (χ2n) is 5.69. The van der Waals surface area contributed by atoms with Crippen LogP contribution in [0.4, 0.5) is 0 Å². The molecule has 1 aliphatic rings. The molecule has 1 aliphatic carbocycles. The summed E-state index contributed by atoms with van der Waals surface area (Å²) in [4.78, 5) is 17.0. The molecule has 4 nitrogen and oxygen atoms in total. The summed E-state index contributed by atoms with van der Waals surface area (Å²) in [5, 5.41) is 13.8. The second kappa shape index (κ2) is 6.58. The van der Waals surface area contributed by atoms with Crippen molar-refractivity contribution in [3.05, 3.63) is 51.5 Å². The molecule has 22 heavy (non-hydrogen) atoms. The van der Waals surface area contributed by atoms with E-state index >= 15 is 0 Å². The summed E-state index contributed by atoms with van der Waals surface area (Å²) >= 11 is 1.69. The Balaban J connectivity index is 1.66. The molecule has 3 rings (SSSR count). The van der Waals surface area contributed by atoms with Crippen LogP contribution < -0.4 is 5.32 Å². The van der Waals surface area contributed by atoms with Crippen LogP contribution in [-0.4, -0.2) is 16.1 Å². The third-order valence-electron chi connectivity index (χ3n) is 3.95. The third-order valence-corrected chi connectivity index (χ3v) is 5.11. The molecule has 1 atom stereocenters. The number of hydrogen-bond donors (Lipinski definition) is 2. The van der Waals surface area contributed by atoms with E-state index in [1.54, 1.807) is 11.3 Å². The number of aryl methyl sites for hydroxylation is 1. The summed E-state index contributed by atoms with van der Waals surface area (Å²) < 4.78 is 0. The third kappa shape index (κ3) is 3.54. The number of carboxylic acid groups (broad SMARTS) is 1. The number of nitrogens with zero attached hydrogens (tertiary/aromatic N) is 1. The lowest BCUT2D eigenvalue weighted by Crippen LogP contribution is -2.27. The molecular weight excluding hydrogens is 296 g/mol. The molecule has 116 valence electrons. The van der Waals surface area contributed by atoms with Crippen LogP contribution >= 0.6 is 11.3 Å². The van der Waals surface area contributed by atoms with Crippen molar-refractivity contribution in [3.8, 4) is 0 Å². The molecule has 2 N–H and O–H groups in total. The smallest absolute Gasteiger partial charge is 0.325 e. The van der Waals surface area contributed by atoms with Crippen molar-refractivity contribution in [1.82, 2.24) is 10.3 Å². The highest BCUT2D eigenvalue weighted by atomic mass is 32.1. The maximum absolute atomic E-state index is 11.5. The fourth-order valence-electron chi connectivity index (χ4n) is 2.42. The van der Waals surface area contributed by atoms with Gasteiger partial charge in [-0.25, -0.2) is 4.98 Å². The second-order valence-corrected chi connectivity index (χ2v) is 6.83. The molecular formula is C17H20N2O2S. The highest BCUT2D eigenvalue weighted by molar-refractivity contribution is 7.11. The number of rotatable bonds is 7. The predicted molar refractivity (Wildman–Crippen MR) is 87.1 cm³/mol. The molecule has 0 spiro atoms. The van der Waals surface area contributed by atoms with Gasteiger partial charge in [0, 0.05) is 23.5 Å². The van der Waals surface area contributed by atoms with E-state index in [2.05, 4.69) is 17.2 Å². The summed E-state index contributed by atoms with van der Waals surface area (Å²) in [6.45, 7) is 2.63. The molecule has 1 unspecified atom stereocenters. The van der Waals surface area contributed by atoms with Gasteiger partial charge >= 0.3 is 5.97 Å². The summed E-state index contributed by atoms with van der Waals surface area (Å²) in [6.07, 6.45) is 5.30. The van der Waals surface area contributed by atoms with Crippen LogP contribution in [0.15, 0.2) is 30.5 Å². The minimum absolute atomic E-state index is 0.539. The van der Waals surface area contributed by atoms with E-state index in [9.17, 15) is 9.90 Å². The summed E-state index contributed by atoms with van der Waals surface area (Å²) in [5.74, 6) is -0.202. The minimum atomic E-state index is -0.851. The van der Waals surface area contributed by atoms with Gasteiger partial charge in [-0.1, -0.05) is 31.2 Å². The van der Waals surface area contributed by atoms with Crippen molar-refractivity contribution in [2.24, 2.45) is 0 Å². The largest absolute Gasteiger partial charge is 0.480 e. The Kier molecular flexibility index (Phi) is 4.55. The van der Waals surface area contributed by atoms with Gasteiger partial charge < -0.3 is 5.11 Å². The van der Waals surface area contributed by atoms with E-state index in [-0.39, 0.29) is 0 Å². The van der Waals surface area contributed by atoms with E-state index in [4.69, 9.17) is 0 Å². The van der Waals surface area contributed by atoms with Gasteiger partial charge in [0.05, 0.1) is 5.01 Å². The zero-order valence-corrected chi connectivity index (χ0v) is 13.4. The van der Waals surface area contributed by atoms with Gasteiger partial charge in [-0.15, -0.1) is 11.3 Å². The number of aromatic nitrogens is 1. The maximum Gasteiger partial charge on any atom is 0.325 e. The van der Waals surface area contributed by atoms with Crippen LogP contribution in [0, 0.1) is 0 Å². The Hall–Kier alpha value is -1.72. The van der Waals surface area contributed by atoms with Crippen LogP contribution in [-0.2, 0) is 17.8 Å². The molecule has 0 saturated heterocycles. The first-order valence-corrected chi connectivity index (χ1v) is 8.48. The molecule has 1 aromatic carbocycles. The van der Waals surface area contributed by atoms with E-state index < -0.39 is 12.0 Å². The molecule has 1 heterocycles. The lowest BCUT2D eigenvalue weighted by molar-refractivity contribution is -0.139. The lowest BCUT2D eigenvalue weighted by atomic mass is 10.0. The van der Waals surface area contributed by atoms with Gasteiger partial charge in [0.15, 0.2) is 0 Å². The number of aliphatic carboxylic acids is 1. The minimum Gasteiger partial charge on any atom is -0.480 e.